The van der Waals surface area contributed by atoms with Crippen LogP contribution in [0.4, 0.5) is 4.39 Å². The molecule has 7 heteroatoms. The van der Waals surface area contributed by atoms with Crippen LogP contribution in [0, 0.1) is 19.7 Å². The van der Waals surface area contributed by atoms with Gasteiger partial charge < -0.3 is 10.2 Å². The van der Waals surface area contributed by atoms with Crippen LogP contribution in [-0.4, -0.2) is 34.8 Å². The van der Waals surface area contributed by atoms with Gasteiger partial charge in [0.05, 0.1) is 11.1 Å². The van der Waals surface area contributed by atoms with E-state index in [1.807, 2.05) is 38.3 Å². The van der Waals surface area contributed by atoms with E-state index in [0.717, 1.165) is 22.7 Å². The molecule has 27 heavy (non-hydrogen) atoms. The van der Waals surface area contributed by atoms with Crippen molar-refractivity contribution in [1.82, 2.24) is 10.3 Å². The molecule has 5 nitrogen and oxygen atoms in total. The minimum Gasteiger partial charge on any atom is -0.392 e. The number of carbonyl (C=O) groups excluding carboxylic acids is 1. The van der Waals surface area contributed by atoms with E-state index in [1.54, 1.807) is 17.8 Å². The molecule has 2 unspecified atom stereocenters. The summed E-state index contributed by atoms with van der Waals surface area (Å²) >= 11 is 1.54. The molecule has 2 heterocycles. The molecular formula is C20H22FN3O2S. The van der Waals surface area contributed by atoms with Crippen molar-refractivity contribution in [2.75, 3.05) is 6.26 Å². The molecular weight excluding hydrogens is 365 g/mol. The highest BCUT2D eigenvalue weighted by Gasteiger charge is 2.25. The first-order valence-electron chi connectivity index (χ1n) is 8.71. The largest absolute Gasteiger partial charge is 0.392 e. The number of amides is 1. The summed E-state index contributed by atoms with van der Waals surface area (Å²) in [7, 11) is 0. The minimum atomic E-state index is -0.298. The second-order valence-corrected chi connectivity index (χ2v) is 7.59. The average molecular weight is 387 g/mol. The molecule has 0 spiro atoms. The Bertz CT molecular complexity index is 852. The van der Waals surface area contributed by atoms with Crippen LogP contribution in [0.5, 0.6) is 0 Å². The second kappa shape index (κ2) is 8.52. The second-order valence-electron chi connectivity index (χ2n) is 6.55. The Morgan fingerprint density at radius 1 is 1.30 bits per heavy atom. The van der Waals surface area contributed by atoms with Gasteiger partial charge in [-0.15, -0.1) is 11.8 Å². The number of nitrogens with one attached hydrogen (secondary N) is 1. The van der Waals surface area contributed by atoms with E-state index in [4.69, 9.17) is 4.84 Å². The van der Waals surface area contributed by atoms with E-state index in [9.17, 15) is 9.18 Å². The minimum absolute atomic E-state index is 0.0284. The van der Waals surface area contributed by atoms with E-state index >= 15 is 0 Å². The molecule has 0 saturated carbocycles. The number of rotatable bonds is 7. The van der Waals surface area contributed by atoms with Gasteiger partial charge in [-0.3, -0.25) is 9.78 Å². The van der Waals surface area contributed by atoms with Crippen molar-refractivity contribution in [3.05, 3.63) is 53.1 Å². The molecule has 1 aliphatic heterocycles. The van der Waals surface area contributed by atoms with E-state index in [0.29, 0.717) is 30.4 Å². The number of thioether (sulfide) groups is 1. The molecule has 3 rings (SSSR count). The van der Waals surface area contributed by atoms with E-state index in [-0.39, 0.29) is 17.3 Å². The van der Waals surface area contributed by atoms with Gasteiger partial charge in [-0.25, -0.2) is 4.39 Å². The van der Waals surface area contributed by atoms with Gasteiger partial charge in [0.25, 0.3) is 0 Å². The fourth-order valence-electron chi connectivity index (χ4n) is 3.19. The summed E-state index contributed by atoms with van der Waals surface area (Å²) in [4.78, 5) is 20.4. The Morgan fingerprint density at radius 3 is 2.67 bits per heavy atom. The number of hydrogen-bond donors (Lipinski definition) is 1. The van der Waals surface area contributed by atoms with Gasteiger partial charge in [0.2, 0.25) is 6.41 Å². The van der Waals surface area contributed by atoms with Gasteiger partial charge >= 0.3 is 0 Å². The van der Waals surface area contributed by atoms with Gasteiger partial charge in [-0.05, 0) is 43.9 Å². The zero-order valence-electron chi connectivity index (χ0n) is 15.5. The molecule has 1 aromatic carbocycles. The number of nitrogens with zero attached hydrogens (tertiary/aromatic N) is 2. The fourth-order valence-corrected chi connectivity index (χ4v) is 3.79. The quantitative estimate of drug-likeness (QED) is 0.579. The van der Waals surface area contributed by atoms with E-state index in [1.165, 1.54) is 6.07 Å². The normalized spacial score (nSPS) is 17.2. The van der Waals surface area contributed by atoms with Crippen molar-refractivity contribution in [3.63, 3.8) is 0 Å². The van der Waals surface area contributed by atoms with Crippen LogP contribution in [0.3, 0.4) is 0 Å². The predicted octanol–water partition coefficient (Wildman–Crippen LogP) is 3.82. The maximum atomic E-state index is 14.7. The number of carbonyl (C=O) groups is 1. The molecule has 1 N–H and O–H groups in total. The van der Waals surface area contributed by atoms with E-state index < -0.39 is 0 Å². The third kappa shape index (κ3) is 4.66. The highest BCUT2D eigenvalue weighted by Crippen LogP contribution is 2.28. The zero-order valence-corrected chi connectivity index (χ0v) is 16.3. The number of hydrogen-bond acceptors (Lipinski definition) is 5. The molecule has 2 aromatic rings. The van der Waals surface area contributed by atoms with Crippen molar-refractivity contribution in [3.8, 4) is 11.1 Å². The van der Waals surface area contributed by atoms with Crippen molar-refractivity contribution in [2.24, 2.45) is 5.16 Å². The summed E-state index contributed by atoms with van der Waals surface area (Å²) in [5, 5.41) is 6.84. The Balaban J connectivity index is 1.74. The first-order chi connectivity index (χ1) is 13.0. The number of oxime groups is 1. The average Bonchev–Trinajstić information content (AvgIpc) is 3.09. The number of halogens is 1. The summed E-state index contributed by atoms with van der Waals surface area (Å²) in [5.74, 6) is -0.298. The summed E-state index contributed by atoms with van der Waals surface area (Å²) in [6.07, 6.45) is 3.72. The summed E-state index contributed by atoms with van der Waals surface area (Å²) in [5.41, 5.74) is 4.51. The van der Waals surface area contributed by atoms with Crippen LogP contribution in [0.15, 0.2) is 35.5 Å². The summed E-state index contributed by atoms with van der Waals surface area (Å²) < 4.78 is 14.7. The van der Waals surface area contributed by atoms with Crippen LogP contribution >= 0.6 is 11.8 Å². The van der Waals surface area contributed by atoms with Gasteiger partial charge in [0.1, 0.15) is 11.9 Å². The molecule has 1 aromatic heterocycles. The lowest BCUT2D eigenvalue weighted by molar-refractivity contribution is -0.109. The highest BCUT2D eigenvalue weighted by atomic mass is 32.2. The SMILES string of the molecule is CSC(CC1CC(c2ccc(-c3cc(C)nc(C)c3)c(F)c2)=NO1)NC=O. The van der Waals surface area contributed by atoms with Crippen molar-refractivity contribution < 1.29 is 14.0 Å². The Morgan fingerprint density at radius 2 is 2.04 bits per heavy atom. The van der Waals surface area contributed by atoms with Gasteiger partial charge in [-0.2, -0.15) is 0 Å². The molecule has 142 valence electrons. The monoisotopic (exact) mass is 387 g/mol. The smallest absolute Gasteiger partial charge is 0.207 e. The van der Waals surface area contributed by atoms with Crippen LogP contribution in [0.1, 0.15) is 29.8 Å². The Hall–Kier alpha value is -2.41. The molecule has 0 aliphatic carbocycles. The number of aryl methyl sites for hydroxylation is 2. The van der Waals surface area contributed by atoms with Crippen LogP contribution < -0.4 is 5.32 Å². The third-order valence-corrected chi connectivity index (χ3v) is 5.34. The van der Waals surface area contributed by atoms with Gasteiger partial charge in [0.15, 0.2) is 0 Å². The fraction of sp³-hybridized carbons (Fsp3) is 0.350. The Kier molecular flexibility index (Phi) is 6.11. The van der Waals surface area contributed by atoms with Crippen LogP contribution in [0.25, 0.3) is 11.1 Å². The number of pyridine rings is 1. The highest BCUT2D eigenvalue weighted by molar-refractivity contribution is 7.99. The first kappa shape index (κ1) is 19.4. The number of benzene rings is 1. The zero-order chi connectivity index (χ0) is 19.4. The van der Waals surface area contributed by atoms with Crippen molar-refractivity contribution >= 4 is 23.9 Å². The standard InChI is InChI=1S/C20H22FN3O2S/c1-12-6-15(7-13(2)23-12)17-5-4-14(8-18(17)21)19-9-16(26-24-19)10-20(27-3)22-11-25/h4-8,11,16,20H,9-10H2,1-3H3,(H,22,25). The lowest BCUT2D eigenvalue weighted by Crippen LogP contribution is -2.28. The predicted molar refractivity (Wildman–Crippen MR) is 106 cm³/mol. The third-order valence-electron chi connectivity index (χ3n) is 4.44. The summed E-state index contributed by atoms with van der Waals surface area (Å²) in [6, 6.07) is 8.89. The first-order valence-corrected chi connectivity index (χ1v) is 9.99. The maximum absolute atomic E-state index is 14.7. The molecule has 0 saturated heterocycles. The van der Waals surface area contributed by atoms with Crippen molar-refractivity contribution in [1.29, 1.82) is 0 Å². The molecule has 2 atom stereocenters. The topological polar surface area (TPSA) is 63.6 Å². The van der Waals surface area contributed by atoms with Crippen LogP contribution in [0.2, 0.25) is 0 Å². The molecule has 1 aliphatic rings. The van der Waals surface area contributed by atoms with Crippen LogP contribution in [-0.2, 0) is 9.63 Å². The van der Waals surface area contributed by atoms with Gasteiger partial charge in [-0.1, -0.05) is 17.3 Å². The Labute approximate surface area is 162 Å². The molecule has 0 fully saturated rings. The molecule has 1 amide bonds. The maximum Gasteiger partial charge on any atom is 0.207 e. The van der Waals surface area contributed by atoms with E-state index in [2.05, 4.69) is 15.5 Å². The molecule has 0 bridgehead atoms. The van der Waals surface area contributed by atoms with Crippen molar-refractivity contribution in [2.45, 2.75) is 38.2 Å². The summed E-state index contributed by atoms with van der Waals surface area (Å²) in [6.45, 7) is 3.80. The number of aromatic nitrogens is 1. The lowest BCUT2D eigenvalue weighted by atomic mass is 9.98. The van der Waals surface area contributed by atoms with Gasteiger partial charge in [0, 0.05) is 35.4 Å². The molecule has 0 radical (unpaired) electrons. The lowest BCUT2D eigenvalue weighted by Gasteiger charge is -2.16.